The minimum atomic E-state index is 0.169. The monoisotopic (exact) mass is 285 g/mol. The lowest BCUT2D eigenvalue weighted by atomic mass is 10.1. The van der Waals surface area contributed by atoms with E-state index in [0.717, 1.165) is 31.7 Å². The summed E-state index contributed by atoms with van der Waals surface area (Å²) in [6.07, 6.45) is 2.06. The highest BCUT2D eigenvalue weighted by Crippen LogP contribution is 2.13. The number of benzene rings is 2. The molecule has 3 heteroatoms. The maximum atomic E-state index is 8.71. The molecule has 0 heterocycles. The SMILES string of the molecule is OCCNCc1ccc(OCCCc2ccccc2)cc1. The van der Waals surface area contributed by atoms with E-state index >= 15 is 0 Å². The van der Waals surface area contributed by atoms with Crippen LogP contribution in [0, 0.1) is 0 Å². The molecule has 0 unspecified atom stereocenters. The second kappa shape index (κ2) is 9.16. The Labute approximate surface area is 126 Å². The molecule has 0 atom stereocenters. The molecule has 0 aliphatic heterocycles. The van der Waals surface area contributed by atoms with Gasteiger partial charge in [0, 0.05) is 13.1 Å². The Morgan fingerprint density at radius 3 is 2.38 bits per heavy atom. The third-order valence-corrected chi connectivity index (χ3v) is 3.26. The molecule has 0 aliphatic carbocycles. The molecule has 0 amide bonds. The van der Waals surface area contributed by atoms with Gasteiger partial charge < -0.3 is 15.2 Å². The second-order valence-electron chi connectivity index (χ2n) is 4.98. The first kappa shape index (κ1) is 15.5. The molecule has 0 radical (unpaired) electrons. The van der Waals surface area contributed by atoms with E-state index < -0.39 is 0 Å². The minimum Gasteiger partial charge on any atom is -0.494 e. The van der Waals surface area contributed by atoms with E-state index in [1.807, 2.05) is 18.2 Å². The fourth-order valence-electron chi connectivity index (χ4n) is 2.13. The fraction of sp³-hybridized carbons (Fsp3) is 0.333. The Kier molecular flexibility index (Phi) is 6.78. The molecule has 0 saturated heterocycles. The van der Waals surface area contributed by atoms with E-state index in [2.05, 4.69) is 41.7 Å². The zero-order valence-electron chi connectivity index (χ0n) is 12.3. The molecular weight excluding hydrogens is 262 g/mol. The highest BCUT2D eigenvalue weighted by Gasteiger charge is 1.97. The van der Waals surface area contributed by atoms with Crippen LogP contribution >= 0.6 is 0 Å². The molecule has 0 aliphatic rings. The maximum Gasteiger partial charge on any atom is 0.119 e. The molecule has 2 aromatic carbocycles. The number of aliphatic hydroxyl groups excluding tert-OH is 1. The number of aliphatic hydroxyl groups is 1. The van der Waals surface area contributed by atoms with E-state index in [1.54, 1.807) is 0 Å². The summed E-state index contributed by atoms with van der Waals surface area (Å²) in [5.41, 5.74) is 2.55. The van der Waals surface area contributed by atoms with Crippen LogP contribution in [0.4, 0.5) is 0 Å². The molecule has 0 saturated carbocycles. The van der Waals surface area contributed by atoms with Gasteiger partial charge in [-0.1, -0.05) is 42.5 Å². The van der Waals surface area contributed by atoms with Crippen molar-refractivity contribution >= 4 is 0 Å². The summed E-state index contributed by atoms with van der Waals surface area (Å²) in [4.78, 5) is 0. The molecule has 0 bridgehead atoms. The Hall–Kier alpha value is -1.84. The number of rotatable bonds is 9. The van der Waals surface area contributed by atoms with E-state index in [0.29, 0.717) is 6.54 Å². The first-order valence-corrected chi connectivity index (χ1v) is 7.46. The van der Waals surface area contributed by atoms with Gasteiger partial charge in [-0.2, -0.15) is 0 Å². The van der Waals surface area contributed by atoms with Gasteiger partial charge in [-0.3, -0.25) is 0 Å². The van der Waals surface area contributed by atoms with E-state index in [-0.39, 0.29) is 6.61 Å². The third-order valence-electron chi connectivity index (χ3n) is 3.26. The van der Waals surface area contributed by atoms with Crippen molar-refractivity contribution < 1.29 is 9.84 Å². The van der Waals surface area contributed by atoms with Gasteiger partial charge in [0.2, 0.25) is 0 Å². The van der Waals surface area contributed by atoms with Crippen molar-refractivity contribution in [2.24, 2.45) is 0 Å². The summed E-state index contributed by atoms with van der Waals surface area (Å²) in [7, 11) is 0. The summed E-state index contributed by atoms with van der Waals surface area (Å²) in [5.74, 6) is 0.911. The maximum absolute atomic E-state index is 8.71. The van der Waals surface area contributed by atoms with Crippen molar-refractivity contribution in [1.29, 1.82) is 0 Å². The molecule has 2 aromatic rings. The molecule has 112 valence electrons. The topological polar surface area (TPSA) is 41.5 Å². The Morgan fingerprint density at radius 2 is 1.67 bits per heavy atom. The van der Waals surface area contributed by atoms with E-state index in [4.69, 9.17) is 9.84 Å². The van der Waals surface area contributed by atoms with Crippen molar-refractivity contribution in [2.45, 2.75) is 19.4 Å². The first-order chi connectivity index (χ1) is 10.4. The number of nitrogens with one attached hydrogen (secondary N) is 1. The molecule has 2 rings (SSSR count). The van der Waals surface area contributed by atoms with Gasteiger partial charge in [-0.15, -0.1) is 0 Å². The molecule has 21 heavy (non-hydrogen) atoms. The van der Waals surface area contributed by atoms with Crippen molar-refractivity contribution in [3.05, 3.63) is 65.7 Å². The smallest absolute Gasteiger partial charge is 0.119 e. The molecule has 0 spiro atoms. The molecule has 0 aromatic heterocycles. The first-order valence-electron chi connectivity index (χ1n) is 7.46. The van der Waals surface area contributed by atoms with Gasteiger partial charge >= 0.3 is 0 Å². The standard InChI is InChI=1S/C18H23NO2/c20-13-12-19-15-17-8-10-18(11-9-17)21-14-4-7-16-5-2-1-3-6-16/h1-3,5-6,8-11,19-20H,4,7,12-15H2. The van der Waals surface area contributed by atoms with Crippen LogP contribution in [-0.4, -0.2) is 24.9 Å². The van der Waals surface area contributed by atoms with Crippen molar-refractivity contribution in [3.8, 4) is 5.75 Å². The summed E-state index contributed by atoms with van der Waals surface area (Å²) in [6, 6.07) is 18.6. The van der Waals surface area contributed by atoms with Gasteiger partial charge in [0.15, 0.2) is 0 Å². The van der Waals surface area contributed by atoms with Gasteiger partial charge in [-0.25, -0.2) is 0 Å². The normalized spacial score (nSPS) is 10.5. The van der Waals surface area contributed by atoms with Crippen molar-refractivity contribution in [2.75, 3.05) is 19.8 Å². The van der Waals surface area contributed by atoms with Gasteiger partial charge in [0.25, 0.3) is 0 Å². The van der Waals surface area contributed by atoms with E-state index in [1.165, 1.54) is 11.1 Å². The van der Waals surface area contributed by atoms with Crippen LogP contribution in [0.1, 0.15) is 17.5 Å². The third kappa shape index (κ3) is 5.98. The Bertz CT molecular complexity index is 496. The minimum absolute atomic E-state index is 0.169. The van der Waals surface area contributed by atoms with Gasteiger partial charge in [0.1, 0.15) is 5.75 Å². The Balaban J connectivity index is 1.66. The quantitative estimate of drug-likeness (QED) is 0.696. The van der Waals surface area contributed by atoms with Crippen LogP contribution in [0.15, 0.2) is 54.6 Å². The average molecular weight is 285 g/mol. The lowest BCUT2D eigenvalue weighted by molar-refractivity contribution is 0.292. The zero-order valence-corrected chi connectivity index (χ0v) is 12.3. The van der Waals surface area contributed by atoms with Crippen LogP contribution in [0.3, 0.4) is 0 Å². The Morgan fingerprint density at radius 1 is 0.905 bits per heavy atom. The lowest BCUT2D eigenvalue weighted by Gasteiger charge is -2.08. The van der Waals surface area contributed by atoms with Crippen molar-refractivity contribution in [1.82, 2.24) is 5.32 Å². The summed E-state index contributed by atoms with van der Waals surface area (Å²) in [5, 5.41) is 11.9. The molecule has 2 N–H and O–H groups in total. The number of hydrogen-bond donors (Lipinski definition) is 2. The van der Waals surface area contributed by atoms with Crippen LogP contribution in [0.5, 0.6) is 5.75 Å². The van der Waals surface area contributed by atoms with E-state index in [9.17, 15) is 0 Å². The number of ether oxygens (including phenoxy) is 1. The highest BCUT2D eigenvalue weighted by molar-refractivity contribution is 5.27. The van der Waals surface area contributed by atoms with Crippen LogP contribution in [0.2, 0.25) is 0 Å². The van der Waals surface area contributed by atoms with Gasteiger partial charge in [-0.05, 0) is 36.1 Å². The van der Waals surface area contributed by atoms with Crippen LogP contribution in [-0.2, 0) is 13.0 Å². The number of aryl methyl sites for hydroxylation is 1. The van der Waals surface area contributed by atoms with Crippen LogP contribution in [0.25, 0.3) is 0 Å². The fourth-order valence-corrected chi connectivity index (χ4v) is 2.13. The lowest BCUT2D eigenvalue weighted by Crippen LogP contribution is -2.17. The summed E-state index contributed by atoms with van der Waals surface area (Å²) in [6.45, 7) is 2.30. The van der Waals surface area contributed by atoms with Crippen molar-refractivity contribution in [3.63, 3.8) is 0 Å². The summed E-state index contributed by atoms with van der Waals surface area (Å²) < 4.78 is 5.75. The van der Waals surface area contributed by atoms with Gasteiger partial charge in [0.05, 0.1) is 13.2 Å². The highest BCUT2D eigenvalue weighted by atomic mass is 16.5. The molecule has 3 nitrogen and oxygen atoms in total. The second-order valence-corrected chi connectivity index (χ2v) is 4.98. The average Bonchev–Trinajstić information content (AvgIpc) is 2.54. The van der Waals surface area contributed by atoms with Crippen LogP contribution < -0.4 is 10.1 Å². The number of hydrogen-bond acceptors (Lipinski definition) is 3. The zero-order chi connectivity index (χ0) is 14.8. The molecular formula is C18H23NO2. The summed E-state index contributed by atoms with van der Waals surface area (Å²) >= 11 is 0. The predicted molar refractivity (Wildman–Crippen MR) is 85.5 cm³/mol. The largest absolute Gasteiger partial charge is 0.494 e. The predicted octanol–water partition coefficient (Wildman–Crippen LogP) is 2.78. The molecule has 0 fully saturated rings.